The quantitative estimate of drug-likeness (QED) is 0.0195. The monoisotopic (exact) mass is 1200 g/mol. The summed E-state index contributed by atoms with van der Waals surface area (Å²) in [6.07, 6.45) is 81.6. The third kappa shape index (κ3) is 69.1. The van der Waals surface area contributed by atoms with Crippen LogP contribution >= 0.6 is 0 Å². The van der Waals surface area contributed by atoms with E-state index in [1.165, 1.54) is 302 Å². The molecule has 0 heterocycles. The van der Waals surface area contributed by atoms with Crippen LogP contribution in [0.2, 0.25) is 0 Å². The second kappa shape index (κ2) is 67.7. The van der Waals surface area contributed by atoms with E-state index < -0.39 is 24.3 Å². The normalized spacial score (nSPS) is 12.7. The number of nitrogens with zero attached hydrogens (tertiary/aromatic N) is 1. The van der Waals surface area contributed by atoms with Gasteiger partial charge in [0.15, 0.2) is 12.4 Å². The fourth-order valence-corrected chi connectivity index (χ4v) is 11.5. The molecular formula is C76H145NO8. The van der Waals surface area contributed by atoms with Gasteiger partial charge in [0.05, 0.1) is 40.3 Å². The number of rotatable bonds is 71. The number of aliphatic carboxylic acids is 1. The van der Waals surface area contributed by atoms with Gasteiger partial charge in [0.2, 0.25) is 0 Å². The zero-order chi connectivity index (χ0) is 61.9. The van der Waals surface area contributed by atoms with Crippen LogP contribution in [0.4, 0.5) is 0 Å². The smallest absolute Gasteiger partial charge is 0.306 e. The molecule has 9 nitrogen and oxygen atoms in total. The van der Waals surface area contributed by atoms with Gasteiger partial charge in [-0.15, -0.1) is 0 Å². The number of quaternary nitrogens is 1. The Morgan fingerprint density at radius 3 is 0.953 bits per heavy atom. The van der Waals surface area contributed by atoms with Gasteiger partial charge in [-0.3, -0.25) is 9.59 Å². The molecule has 0 fully saturated rings. The summed E-state index contributed by atoms with van der Waals surface area (Å²) in [6, 6.07) is 0. The highest BCUT2D eigenvalue weighted by Crippen LogP contribution is 2.20. The third-order valence-electron chi connectivity index (χ3n) is 17.2. The van der Waals surface area contributed by atoms with Crippen molar-refractivity contribution in [3.05, 3.63) is 24.3 Å². The zero-order valence-corrected chi connectivity index (χ0v) is 57.5. The number of ether oxygens (including phenoxy) is 4. The Morgan fingerprint density at radius 2 is 0.635 bits per heavy atom. The Morgan fingerprint density at radius 1 is 0.353 bits per heavy atom. The van der Waals surface area contributed by atoms with Crippen molar-refractivity contribution in [3.8, 4) is 0 Å². The number of carboxylic acids is 1. The van der Waals surface area contributed by atoms with Crippen molar-refractivity contribution in [2.45, 2.75) is 399 Å². The molecule has 0 saturated carbocycles. The first-order chi connectivity index (χ1) is 41.6. The topological polar surface area (TPSA) is 111 Å². The molecule has 0 amide bonds. The molecule has 0 aromatic carbocycles. The van der Waals surface area contributed by atoms with Gasteiger partial charge in [0.1, 0.15) is 13.2 Å². The van der Waals surface area contributed by atoms with Crippen LogP contribution in [0, 0.1) is 0 Å². The van der Waals surface area contributed by atoms with E-state index in [-0.39, 0.29) is 32.2 Å². The molecule has 0 rings (SSSR count). The molecule has 0 spiro atoms. The van der Waals surface area contributed by atoms with Crippen molar-refractivity contribution >= 4 is 17.9 Å². The number of hydrogen-bond acceptors (Lipinski definition) is 8. The number of unbranched alkanes of at least 4 members (excludes halogenated alkanes) is 52. The largest absolute Gasteiger partial charge is 0.545 e. The lowest BCUT2D eigenvalue weighted by Crippen LogP contribution is -2.44. The molecule has 85 heavy (non-hydrogen) atoms. The first-order valence-corrected chi connectivity index (χ1v) is 37.5. The second-order valence-electron chi connectivity index (χ2n) is 27.0. The van der Waals surface area contributed by atoms with Gasteiger partial charge in [0, 0.05) is 12.8 Å². The van der Waals surface area contributed by atoms with Crippen LogP contribution in [0.25, 0.3) is 0 Å². The Bertz CT molecular complexity index is 1440. The number of carboxylic acid groups (broad SMARTS) is 1. The van der Waals surface area contributed by atoms with Crippen LogP contribution < -0.4 is 5.11 Å². The Hall–Kier alpha value is -2.23. The van der Waals surface area contributed by atoms with E-state index in [4.69, 9.17) is 18.9 Å². The van der Waals surface area contributed by atoms with E-state index in [1.807, 2.05) is 21.1 Å². The third-order valence-corrected chi connectivity index (χ3v) is 17.2. The first-order valence-electron chi connectivity index (χ1n) is 37.5. The molecule has 0 aliphatic carbocycles. The van der Waals surface area contributed by atoms with Crippen LogP contribution in [0.5, 0.6) is 0 Å². The lowest BCUT2D eigenvalue weighted by Gasteiger charge is -2.26. The van der Waals surface area contributed by atoms with Crippen LogP contribution in [-0.4, -0.2) is 82.3 Å². The number of carbonyl (C=O) groups is 3. The van der Waals surface area contributed by atoms with Crippen LogP contribution in [0.1, 0.15) is 386 Å². The van der Waals surface area contributed by atoms with Crippen molar-refractivity contribution in [1.82, 2.24) is 0 Å². The van der Waals surface area contributed by atoms with E-state index in [9.17, 15) is 19.5 Å². The summed E-state index contributed by atoms with van der Waals surface area (Å²) in [5.74, 6) is -2.26. The standard InChI is InChI=1S/C76H145NO8/c1-6-8-10-12-14-16-18-20-22-24-26-27-28-29-30-31-32-33-34-35-36-37-38-39-40-41-42-43-44-45-46-47-49-50-52-54-56-58-60-62-64-66-73(78)83-70-72(71-84-76(75(80)81)82-69-68-77(3,4)5)85-74(79)67-65-63-61-59-57-55-53-51-48-25-23-21-19-17-15-13-11-9-7-2/h15,17,21,23,72,76H,6-14,16,18-20,22,24-71H2,1-5H3/b17-15-,23-21-. The van der Waals surface area contributed by atoms with Gasteiger partial charge in [0.25, 0.3) is 0 Å². The molecule has 0 aliphatic rings. The number of allylic oxidation sites excluding steroid dienone is 4. The minimum Gasteiger partial charge on any atom is -0.545 e. The van der Waals surface area contributed by atoms with Crippen molar-refractivity contribution in [1.29, 1.82) is 0 Å². The van der Waals surface area contributed by atoms with Crippen molar-refractivity contribution in [2.24, 2.45) is 0 Å². The first kappa shape index (κ1) is 82.8. The van der Waals surface area contributed by atoms with E-state index in [0.29, 0.717) is 23.9 Å². The lowest BCUT2D eigenvalue weighted by molar-refractivity contribution is -0.870. The fraction of sp³-hybridized carbons (Fsp3) is 0.908. The molecule has 2 atom stereocenters. The molecule has 0 saturated heterocycles. The molecule has 2 unspecified atom stereocenters. The van der Waals surface area contributed by atoms with Crippen LogP contribution in [0.3, 0.4) is 0 Å². The molecule has 0 aliphatic heterocycles. The maximum atomic E-state index is 12.9. The van der Waals surface area contributed by atoms with Gasteiger partial charge in [-0.2, -0.15) is 0 Å². The predicted octanol–water partition coefficient (Wildman–Crippen LogP) is 22.0. The molecular weight excluding hydrogens is 1050 g/mol. The second-order valence-corrected chi connectivity index (χ2v) is 27.0. The van der Waals surface area contributed by atoms with E-state index >= 15 is 0 Å². The summed E-state index contributed by atoms with van der Waals surface area (Å²) < 4.78 is 22.8. The molecule has 0 aromatic heterocycles. The average molecular weight is 1200 g/mol. The molecule has 0 N–H and O–H groups in total. The van der Waals surface area contributed by atoms with Gasteiger partial charge in [-0.25, -0.2) is 0 Å². The summed E-state index contributed by atoms with van der Waals surface area (Å²) >= 11 is 0. The predicted molar refractivity (Wildman–Crippen MR) is 362 cm³/mol. The van der Waals surface area contributed by atoms with Gasteiger partial charge in [-0.1, -0.05) is 353 Å². The van der Waals surface area contributed by atoms with Gasteiger partial charge < -0.3 is 33.3 Å². The van der Waals surface area contributed by atoms with E-state index in [2.05, 4.69) is 38.2 Å². The maximum Gasteiger partial charge on any atom is 0.306 e. The maximum absolute atomic E-state index is 12.9. The highest BCUT2D eigenvalue weighted by atomic mass is 16.7. The van der Waals surface area contributed by atoms with Crippen molar-refractivity contribution < 1.29 is 42.9 Å². The molecule has 0 bridgehead atoms. The Balaban J connectivity index is 3.88. The van der Waals surface area contributed by atoms with Gasteiger partial charge >= 0.3 is 11.9 Å². The lowest BCUT2D eigenvalue weighted by atomic mass is 10.0. The summed E-state index contributed by atoms with van der Waals surface area (Å²) in [5.41, 5.74) is 0. The van der Waals surface area contributed by atoms with Crippen LogP contribution in [-0.2, 0) is 33.3 Å². The minimum absolute atomic E-state index is 0.149. The number of likely N-dealkylation sites (N-methyl/N-ethyl adjacent to an activating group) is 1. The Labute approximate surface area is 528 Å². The molecule has 9 heteroatoms. The highest BCUT2D eigenvalue weighted by molar-refractivity contribution is 5.70. The highest BCUT2D eigenvalue weighted by Gasteiger charge is 2.22. The SMILES string of the molecule is CCCCC/C=C\C/C=C\CCCCCCCCCCCC(=O)OC(COC(=O)CCCCCCCCCCCCCCCCCCCCCCCCCCCCCCCCCCCCCCCCCCC)COC(OCC[N+](C)(C)C)C(=O)[O-]. The molecule has 0 radical (unpaired) electrons. The van der Waals surface area contributed by atoms with Gasteiger partial charge in [-0.05, 0) is 44.9 Å². The minimum atomic E-state index is -1.62. The number of hydrogen-bond donors (Lipinski definition) is 0. The summed E-state index contributed by atoms with van der Waals surface area (Å²) in [5, 5.41) is 11.8. The summed E-state index contributed by atoms with van der Waals surface area (Å²) in [7, 11) is 5.94. The molecule has 0 aromatic rings. The summed E-state index contributed by atoms with van der Waals surface area (Å²) in [6.45, 7) is 4.79. The number of esters is 2. The average Bonchev–Trinajstić information content (AvgIpc) is 3.48. The van der Waals surface area contributed by atoms with Crippen LogP contribution in [0.15, 0.2) is 24.3 Å². The summed E-state index contributed by atoms with van der Waals surface area (Å²) in [4.78, 5) is 37.4. The molecule has 502 valence electrons. The van der Waals surface area contributed by atoms with Crippen molar-refractivity contribution in [3.63, 3.8) is 0 Å². The fourth-order valence-electron chi connectivity index (χ4n) is 11.5. The zero-order valence-electron chi connectivity index (χ0n) is 57.5. The van der Waals surface area contributed by atoms with Crippen molar-refractivity contribution in [2.75, 3.05) is 47.5 Å². The van der Waals surface area contributed by atoms with E-state index in [0.717, 1.165) is 51.4 Å². The van der Waals surface area contributed by atoms with E-state index in [1.54, 1.807) is 0 Å². The Kier molecular flexibility index (Phi) is 65.9. The number of carbonyl (C=O) groups excluding carboxylic acids is 3.